The number of ether oxygens (including phenoxy) is 8. The zero-order valence-electron chi connectivity index (χ0n) is 62.5. The van der Waals surface area contributed by atoms with Crippen LogP contribution in [0.2, 0.25) is 0 Å². The number of anilines is 6. The highest BCUT2D eigenvalue weighted by Gasteiger charge is 2.53. The van der Waals surface area contributed by atoms with Gasteiger partial charge in [0.1, 0.15) is 0 Å². The van der Waals surface area contributed by atoms with E-state index in [-0.39, 0.29) is 5.41 Å². The molecule has 102 heavy (non-hydrogen) atoms. The first-order valence-corrected chi connectivity index (χ1v) is 38.4. The summed E-state index contributed by atoms with van der Waals surface area (Å²) >= 11 is 3.65. The van der Waals surface area contributed by atoms with Gasteiger partial charge < -0.3 is 57.0 Å². The number of fused-ring (bicyclic) bond motifs is 6. The first-order valence-electron chi connectivity index (χ1n) is 37.6. The maximum atomic E-state index is 6.82. The van der Waals surface area contributed by atoms with Crippen LogP contribution in [0.15, 0.2) is 174 Å². The maximum absolute atomic E-state index is 6.82. The highest BCUT2D eigenvalue weighted by atomic mass is 79.9. The van der Waals surface area contributed by atoms with E-state index in [9.17, 15) is 0 Å². The third-order valence-corrected chi connectivity index (χ3v) is 22.0. The van der Waals surface area contributed by atoms with Gasteiger partial charge in [0.25, 0.3) is 0 Å². The SMILES string of the molecule is CCCCCCC1(CCCCCC)c2cc(N(c3ccc(C)cc3)c3ccc(-c4ccc(Br)cc4)cc3)ccc2-c2ccc(N(c3ccc(C)cc3)c3ccc4c(c3)C(CCOCCOCCOCCOC)(CCOCCOCCOCCOC)c3cc(B5OC(C)(C)C(C)(C)O5)ccc3-4)cc21. The molecule has 11 rings (SSSR count). The first-order chi connectivity index (χ1) is 49.6. The van der Waals surface area contributed by atoms with Gasteiger partial charge in [0.2, 0.25) is 0 Å². The van der Waals surface area contributed by atoms with Crippen LogP contribution in [0.3, 0.4) is 0 Å². The first kappa shape index (κ1) is 76.6. The van der Waals surface area contributed by atoms with E-state index in [1.54, 1.807) is 14.2 Å². The van der Waals surface area contributed by atoms with Crippen LogP contribution >= 0.6 is 15.9 Å². The van der Waals surface area contributed by atoms with Gasteiger partial charge in [0.05, 0.1) is 90.5 Å². The number of hydrogen-bond donors (Lipinski definition) is 0. The molecule has 0 unspecified atom stereocenters. The molecule has 0 amide bonds. The predicted molar refractivity (Wildman–Crippen MR) is 422 cm³/mol. The minimum absolute atomic E-state index is 0.253. The van der Waals surface area contributed by atoms with Crippen molar-refractivity contribution in [1.82, 2.24) is 0 Å². The smallest absolute Gasteiger partial charge is 0.399 e. The van der Waals surface area contributed by atoms with Gasteiger partial charge in [-0.05, 0) is 213 Å². The summed E-state index contributed by atoms with van der Waals surface area (Å²) in [5.74, 6) is 0. The molecule has 2 aliphatic carbocycles. The van der Waals surface area contributed by atoms with Crippen molar-refractivity contribution in [3.63, 3.8) is 0 Å². The lowest BCUT2D eigenvalue weighted by Crippen LogP contribution is -2.41. The molecule has 8 aromatic rings. The average Bonchev–Trinajstić information content (AvgIpc) is 1.56. The van der Waals surface area contributed by atoms with Crippen LogP contribution in [0.1, 0.15) is 152 Å². The van der Waals surface area contributed by atoms with Crippen molar-refractivity contribution in [3.8, 4) is 33.4 Å². The molecule has 0 N–H and O–H groups in total. The molecule has 3 aliphatic rings. The molecule has 1 saturated heterocycles. The zero-order chi connectivity index (χ0) is 71.5. The summed E-state index contributed by atoms with van der Waals surface area (Å²) in [4.78, 5) is 4.99. The van der Waals surface area contributed by atoms with Gasteiger partial charge in [0.15, 0.2) is 0 Å². The van der Waals surface area contributed by atoms with Crippen LogP contribution in [-0.4, -0.2) is 125 Å². The van der Waals surface area contributed by atoms with Crippen LogP contribution in [0.5, 0.6) is 0 Å². The summed E-state index contributed by atoms with van der Waals surface area (Å²) in [6.45, 7) is 24.4. The number of methoxy groups -OCH3 is 2. The lowest BCUT2D eigenvalue weighted by molar-refractivity contribution is -0.00195. The minimum Gasteiger partial charge on any atom is -0.399 e. The van der Waals surface area contributed by atoms with E-state index >= 15 is 0 Å². The largest absolute Gasteiger partial charge is 0.494 e. The summed E-state index contributed by atoms with van der Waals surface area (Å²) in [7, 11) is 2.81. The molecule has 0 saturated carbocycles. The number of unbranched alkanes of at least 4 members (excludes halogenated alkanes) is 6. The van der Waals surface area contributed by atoms with E-state index in [2.05, 4.69) is 251 Å². The van der Waals surface area contributed by atoms with Crippen LogP contribution < -0.4 is 15.3 Å². The Balaban J connectivity index is 1.02. The van der Waals surface area contributed by atoms with Gasteiger partial charge in [-0.15, -0.1) is 0 Å². The highest BCUT2D eigenvalue weighted by Crippen LogP contribution is 2.59. The Kier molecular flexibility index (Phi) is 27.4. The number of nitrogens with zero attached hydrogens (tertiary/aromatic N) is 2. The molecule has 12 nitrogen and oxygen atoms in total. The van der Waals surface area contributed by atoms with Crippen molar-refractivity contribution in [1.29, 1.82) is 0 Å². The van der Waals surface area contributed by atoms with E-state index in [1.807, 2.05) is 0 Å². The Morgan fingerprint density at radius 3 is 1.04 bits per heavy atom. The quantitative estimate of drug-likeness (QED) is 0.0269. The standard InChI is InChI=1S/C88H110BBrN2O10/c1-11-13-15-17-43-87(44-18-16-14-12-2)82-62-74(91(71-30-19-65(3)20-31-71)73-34-25-68(26-35-73)67-23-28-70(90)29-24-67)36-40-79(82)80-42-38-75(63-83(80)87)92(72-32-21-66(4)22-33-72)76-37-41-78-77-39-27-69(89-101-85(5,6)86(7,8)102-89)61-81(77)88(84(78)64-76,45-47-95-53-55-99-59-57-97-51-49-93-9)46-48-96-54-56-100-60-58-98-52-50-94-10/h19-42,61-64H,11-18,43-60H2,1-10H3. The predicted octanol–water partition coefficient (Wildman–Crippen LogP) is 20.6. The summed E-state index contributed by atoms with van der Waals surface area (Å²) in [5, 5.41) is 0. The summed E-state index contributed by atoms with van der Waals surface area (Å²) < 4.78 is 61.8. The molecular formula is C88H110BBrN2O10. The lowest BCUT2D eigenvalue weighted by atomic mass is 9.70. The van der Waals surface area contributed by atoms with Gasteiger partial charge in [0, 0.05) is 76.9 Å². The van der Waals surface area contributed by atoms with Gasteiger partial charge in [-0.1, -0.05) is 177 Å². The fraction of sp³-hybridized carbons (Fsp3) is 0.455. The molecular weight excluding hydrogens is 1340 g/mol. The summed E-state index contributed by atoms with van der Waals surface area (Å²) in [5.41, 5.74) is 21.1. The third kappa shape index (κ3) is 18.1. The third-order valence-electron chi connectivity index (χ3n) is 21.5. The van der Waals surface area contributed by atoms with Gasteiger partial charge in [-0.3, -0.25) is 0 Å². The minimum atomic E-state index is -0.567. The number of aryl methyl sites for hydroxylation is 2. The molecule has 0 aromatic heterocycles. The number of rotatable bonds is 42. The van der Waals surface area contributed by atoms with Gasteiger partial charge in [-0.25, -0.2) is 0 Å². The molecule has 8 aromatic carbocycles. The molecule has 14 heteroatoms. The van der Waals surface area contributed by atoms with Crippen LogP contribution in [0.25, 0.3) is 33.4 Å². The van der Waals surface area contributed by atoms with Crippen LogP contribution in [0.4, 0.5) is 34.1 Å². The van der Waals surface area contributed by atoms with E-state index in [4.69, 9.17) is 47.2 Å². The number of halogens is 1. The molecule has 542 valence electrons. The van der Waals surface area contributed by atoms with Crippen LogP contribution in [-0.2, 0) is 58.0 Å². The average molecular weight is 1450 g/mol. The molecule has 0 radical (unpaired) electrons. The second-order valence-electron chi connectivity index (χ2n) is 28.9. The normalized spacial score (nSPS) is 15.0. The molecule has 0 bridgehead atoms. The van der Waals surface area contributed by atoms with Crippen molar-refractivity contribution < 1.29 is 47.2 Å². The highest BCUT2D eigenvalue weighted by molar-refractivity contribution is 9.10. The molecule has 1 heterocycles. The van der Waals surface area contributed by atoms with Gasteiger partial charge in [-0.2, -0.15) is 0 Å². The fourth-order valence-corrected chi connectivity index (χ4v) is 15.4. The second kappa shape index (κ2) is 36.5. The molecule has 0 atom stereocenters. The molecule has 1 fully saturated rings. The number of benzene rings is 8. The van der Waals surface area contributed by atoms with Crippen molar-refractivity contribution in [2.45, 2.75) is 154 Å². The van der Waals surface area contributed by atoms with Crippen molar-refractivity contribution >= 4 is 62.6 Å². The fourth-order valence-electron chi connectivity index (χ4n) is 15.1. The molecule has 1 aliphatic heterocycles. The summed E-state index contributed by atoms with van der Waals surface area (Å²) in [6.07, 6.45) is 12.9. The number of hydrogen-bond acceptors (Lipinski definition) is 12. The summed E-state index contributed by atoms with van der Waals surface area (Å²) in [6, 6.07) is 64.8. The Hall–Kier alpha value is -6.50. The van der Waals surface area contributed by atoms with Crippen molar-refractivity contribution in [2.75, 3.05) is 117 Å². The van der Waals surface area contributed by atoms with E-state index in [1.165, 1.54) is 105 Å². The molecule has 0 spiro atoms. The maximum Gasteiger partial charge on any atom is 0.494 e. The van der Waals surface area contributed by atoms with Crippen molar-refractivity contribution in [2.24, 2.45) is 0 Å². The van der Waals surface area contributed by atoms with Crippen LogP contribution in [0, 0.1) is 13.8 Å². The van der Waals surface area contributed by atoms with E-state index in [0.717, 1.165) is 69.7 Å². The van der Waals surface area contributed by atoms with E-state index < -0.39 is 23.7 Å². The second-order valence-corrected chi connectivity index (χ2v) is 29.8. The monoisotopic (exact) mass is 1440 g/mol. The lowest BCUT2D eigenvalue weighted by Gasteiger charge is -2.35. The Labute approximate surface area is 618 Å². The topological polar surface area (TPSA) is 98.8 Å². The van der Waals surface area contributed by atoms with E-state index in [0.29, 0.717) is 105 Å². The van der Waals surface area contributed by atoms with Crippen molar-refractivity contribution in [3.05, 3.63) is 208 Å². The Morgan fingerprint density at radius 2 is 0.657 bits per heavy atom. The Morgan fingerprint density at radius 1 is 0.343 bits per heavy atom. The zero-order valence-corrected chi connectivity index (χ0v) is 64.1. The van der Waals surface area contributed by atoms with Gasteiger partial charge >= 0.3 is 7.12 Å². The Bertz CT molecular complexity index is 3880.